The lowest BCUT2D eigenvalue weighted by Crippen LogP contribution is -1.72. The maximum Gasteiger partial charge on any atom is 0.254 e. The zero-order valence-corrected chi connectivity index (χ0v) is 6.38. The fraction of sp³-hybridized carbons (Fsp3) is 0.667. The summed E-state index contributed by atoms with van der Waals surface area (Å²) in [5.41, 5.74) is 0. The van der Waals surface area contributed by atoms with Gasteiger partial charge in [-0.1, -0.05) is 0 Å². The van der Waals surface area contributed by atoms with E-state index >= 15 is 0 Å². The van der Waals surface area contributed by atoms with E-state index in [1.165, 1.54) is 0 Å². The average Bonchev–Trinajstić information content (AvgIpc) is 1.59. The van der Waals surface area contributed by atoms with E-state index in [4.69, 9.17) is 27.7 Å². The molecule has 0 spiro atoms. The standard InChI is InChI=1S/C3H4Cl2NOP/c4-8(5,7)3-1-2-6/h1,3H2. The normalized spacial score (nSPS) is 10.6. The SMILES string of the molecule is N#CCCP(=O)(Cl)Cl. The molecule has 0 aliphatic carbocycles. The molecule has 5 heteroatoms. The van der Waals surface area contributed by atoms with Crippen molar-refractivity contribution in [2.24, 2.45) is 0 Å². The van der Waals surface area contributed by atoms with Crippen molar-refractivity contribution in [2.75, 3.05) is 6.16 Å². The van der Waals surface area contributed by atoms with Crippen molar-refractivity contribution in [3.05, 3.63) is 0 Å². The molecule has 0 saturated heterocycles. The zero-order valence-electron chi connectivity index (χ0n) is 3.97. The highest BCUT2D eigenvalue weighted by atomic mass is 35.9. The van der Waals surface area contributed by atoms with E-state index in [-0.39, 0.29) is 12.6 Å². The molecular weight excluding hydrogens is 168 g/mol. The third kappa shape index (κ3) is 6.30. The van der Waals surface area contributed by atoms with Gasteiger partial charge in [0.15, 0.2) is 0 Å². The minimum atomic E-state index is -2.96. The summed E-state index contributed by atoms with van der Waals surface area (Å²) in [6.07, 6.45) is 0.247. The van der Waals surface area contributed by atoms with E-state index in [1.807, 2.05) is 0 Å². The quantitative estimate of drug-likeness (QED) is 0.600. The Morgan fingerprint density at radius 2 is 2.12 bits per heavy atom. The van der Waals surface area contributed by atoms with Gasteiger partial charge in [0.1, 0.15) is 0 Å². The largest absolute Gasteiger partial charge is 0.289 e. The van der Waals surface area contributed by atoms with E-state index in [9.17, 15) is 4.57 Å². The van der Waals surface area contributed by atoms with Crippen LogP contribution in [0.3, 0.4) is 0 Å². The van der Waals surface area contributed by atoms with Crippen LogP contribution in [0.25, 0.3) is 0 Å². The Balaban J connectivity index is 3.45. The van der Waals surface area contributed by atoms with Crippen LogP contribution >= 0.6 is 28.3 Å². The first-order valence-corrected chi connectivity index (χ1v) is 5.62. The van der Waals surface area contributed by atoms with E-state index in [0.29, 0.717) is 0 Å². The summed E-state index contributed by atoms with van der Waals surface area (Å²) in [5, 5.41) is 7.94. The Morgan fingerprint density at radius 3 is 2.25 bits per heavy atom. The molecule has 0 aromatic heterocycles. The zero-order chi connectivity index (χ0) is 6.62. The number of rotatable bonds is 2. The number of halogens is 2. The summed E-state index contributed by atoms with van der Waals surface area (Å²) in [6, 6.07) is 1.78. The van der Waals surface area contributed by atoms with Crippen molar-refractivity contribution in [1.29, 1.82) is 5.26 Å². The summed E-state index contributed by atoms with van der Waals surface area (Å²) in [4.78, 5) is 0. The smallest absolute Gasteiger partial charge is 0.254 e. The Bertz CT molecular complexity index is 146. The Morgan fingerprint density at radius 1 is 1.62 bits per heavy atom. The maximum atomic E-state index is 10.4. The highest BCUT2D eigenvalue weighted by molar-refractivity contribution is 8.08. The van der Waals surface area contributed by atoms with Crippen LogP contribution in [0.5, 0.6) is 0 Å². The van der Waals surface area contributed by atoms with Gasteiger partial charge in [0.2, 0.25) is 0 Å². The first-order chi connectivity index (χ1) is 3.56. The minimum Gasteiger partial charge on any atom is -0.289 e. The van der Waals surface area contributed by atoms with Gasteiger partial charge in [-0.3, -0.25) is 4.57 Å². The fourth-order valence-corrected chi connectivity index (χ4v) is 1.05. The highest BCUT2D eigenvalue weighted by Gasteiger charge is 2.11. The molecule has 0 aliphatic rings. The van der Waals surface area contributed by atoms with E-state index in [0.717, 1.165) is 0 Å². The molecule has 46 valence electrons. The maximum absolute atomic E-state index is 10.4. The van der Waals surface area contributed by atoms with Gasteiger partial charge in [0, 0.05) is 12.6 Å². The van der Waals surface area contributed by atoms with Gasteiger partial charge in [-0.15, -0.1) is 0 Å². The number of nitriles is 1. The summed E-state index contributed by atoms with van der Waals surface area (Å²) in [7, 11) is 0. The van der Waals surface area contributed by atoms with Crippen LogP contribution in [-0.4, -0.2) is 6.16 Å². The van der Waals surface area contributed by atoms with Crippen LogP contribution in [0.1, 0.15) is 6.42 Å². The van der Waals surface area contributed by atoms with Crippen molar-refractivity contribution < 1.29 is 4.57 Å². The third-order valence-electron chi connectivity index (χ3n) is 0.484. The van der Waals surface area contributed by atoms with Crippen molar-refractivity contribution in [2.45, 2.75) is 6.42 Å². The first kappa shape index (κ1) is 8.30. The number of nitrogens with zero attached hydrogens (tertiary/aromatic N) is 1. The number of hydrogen-bond donors (Lipinski definition) is 0. The molecule has 0 amide bonds. The predicted octanol–water partition coefficient (Wildman–Crippen LogP) is 2.57. The molecule has 0 aliphatic heterocycles. The molecule has 0 heterocycles. The lowest BCUT2D eigenvalue weighted by molar-refractivity contribution is 0.592. The Labute approximate surface area is 57.3 Å². The predicted molar refractivity (Wildman–Crippen MR) is 34.4 cm³/mol. The van der Waals surface area contributed by atoms with Gasteiger partial charge in [-0.25, -0.2) is 0 Å². The summed E-state index contributed by atoms with van der Waals surface area (Å²) >= 11 is 10.2. The molecule has 0 bridgehead atoms. The van der Waals surface area contributed by atoms with Crippen LogP contribution in [-0.2, 0) is 4.57 Å². The first-order valence-electron chi connectivity index (χ1n) is 1.91. The molecule has 0 radical (unpaired) electrons. The molecule has 0 N–H and O–H groups in total. The van der Waals surface area contributed by atoms with Crippen molar-refractivity contribution in [3.63, 3.8) is 0 Å². The molecule has 0 aromatic carbocycles. The van der Waals surface area contributed by atoms with E-state index < -0.39 is 5.85 Å². The third-order valence-corrected chi connectivity index (χ3v) is 2.24. The van der Waals surface area contributed by atoms with Crippen LogP contribution in [0.15, 0.2) is 0 Å². The van der Waals surface area contributed by atoms with Crippen molar-refractivity contribution in [3.8, 4) is 6.07 Å². The van der Waals surface area contributed by atoms with Crippen LogP contribution in [0.2, 0.25) is 0 Å². The molecule has 0 aromatic rings. The topological polar surface area (TPSA) is 40.9 Å². The molecular formula is C3H4Cl2NOP. The molecule has 0 unspecified atom stereocenters. The van der Waals surface area contributed by atoms with Gasteiger partial charge in [-0.05, 0) is 22.5 Å². The van der Waals surface area contributed by atoms with Crippen molar-refractivity contribution >= 4 is 28.3 Å². The molecule has 2 nitrogen and oxygen atoms in total. The van der Waals surface area contributed by atoms with E-state index in [2.05, 4.69) is 0 Å². The summed E-state index contributed by atoms with van der Waals surface area (Å²) < 4.78 is 10.4. The van der Waals surface area contributed by atoms with Gasteiger partial charge < -0.3 is 0 Å². The Hall–Kier alpha value is 0.300. The van der Waals surface area contributed by atoms with Crippen LogP contribution in [0, 0.1) is 11.3 Å². The molecule has 0 fully saturated rings. The van der Waals surface area contributed by atoms with Gasteiger partial charge in [-0.2, -0.15) is 5.26 Å². The van der Waals surface area contributed by atoms with Gasteiger partial charge in [0.05, 0.1) is 6.07 Å². The van der Waals surface area contributed by atoms with Gasteiger partial charge in [0.25, 0.3) is 5.85 Å². The van der Waals surface area contributed by atoms with E-state index in [1.54, 1.807) is 6.07 Å². The molecule has 0 saturated carbocycles. The van der Waals surface area contributed by atoms with Gasteiger partial charge >= 0.3 is 0 Å². The molecule has 0 atom stereocenters. The number of hydrogen-bond acceptors (Lipinski definition) is 2. The second-order valence-electron chi connectivity index (χ2n) is 1.20. The summed E-state index contributed by atoms with van der Waals surface area (Å²) in [5.74, 6) is -2.96. The van der Waals surface area contributed by atoms with Crippen molar-refractivity contribution in [1.82, 2.24) is 0 Å². The summed E-state index contributed by atoms with van der Waals surface area (Å²) in [6.45, 7) is 0. The average molecular weight is 172 g/mol. The second-order valence-corrected chi connectivity index (χ2v) is 6.58. The second kappa shape index (κ2) is 3.35. The Kier molecular flexibility index (Phi) is 3.48. The molecule has 8 heavy (non-hydrogen) atoms. The fourth-order valence-electron chi connectivity index (χ4n) is 0.180. The lowest BCUT2D eigenvalue weighted by atomic mass is 10.6. The molecule has 0 rings (SSSR count). The highest BCUT2D eigenvalue weighted by Crippen LogP contribution is 2.56. The van der Waals surface area contributed by atoms with Crippen LogP contribution < -0.4 is 0 Å². The minimum absolute atomic E-state index is 0.0899. The van der Waals surface area contributed by atoms with Crippen LogP contribution in [0.4, 0.5) is 0 Å². The monoisotopic (exact) mass is 171 g/mol. The lowest BCUT2D eigenvalue weighted by Gasteiger charge is -1.92.